The molecule has 0 atom stereocenters. The molecule has 2 N–H and O–H groups in total. The van der Waals surface area contributed by atoms with Gasteiger partial charge in [0.15, 0.2) is 0 Å². The normalized spacial score (nSPS) is 10.7. The fraction of sp³-hybridized carbons (Fsp3) is 0.0556. The lowest BCUT2D eigenvalue weighted by Crippen LogP contribution is -2.40. The Balaban J connectivity index is 1.50. The van der Waals surface area contributed by atoms with Crippen LogP contribution in [-0.4, -0.2) is 21.6 Å². The quantitative estimate of drug-likeness (QED) is 0.547. The van der Waals surface area contributed by atoms with Crippen LogP contribution in [-0.2, 0) is 11.3 Å². The van der Waals surface area contributed by atoms with E-state index in [1.807, 2.05) is 36.5 Å². The summed E-state index contributed by atoms with van der Waals surface area (Å²) in [5, 5.41) is 6.06. The first kappa shape index (κ1) is 16.7. The van der Waals surface area contributed by atoms with E-state index in [9.17, 15) is 9.59 Å². The molecule has 3 rings (SSSR count). The second-order valence-corrected chi connectivity index (χ2v) is 6.16. The van der Waals surface area contributed by atoms with Crippen molar-refractivity contribution in [3.63, 3.8) is 0 Å². The number of carbonyl (C=O) groups is 2. The van der Waals surface area contributed by atoms with Gasteiger partial charge in [-0.25, -0.2) is 0 Å². The molecule has 0 aliphatic rings. The van der Waals surface area contributed by atoms with E-state index in [1.54, 1.807) is 34.5 Å². The lowest BCUT2D eigenvalue weighted by Gasteiger charge is -2.02. The summed E-state index contributed by atoms with van der Waals surface area (Å²) in [5.74, 6) is -0.756. The van der Waals surface area contributed by atoms with Gasteiger partial charge in [-0.3, -0.25) is 25.1 Å². The van der Waals surface area contributed by atoms with Crippen LogP contribution < -0.4 is 10.9 Å². The third kappa shape index (κ3) is 4.89. The molecule has 0 aliphatic heterocycles. The predicted octanol–water partition coefficient (Wildman–Crippen LogP) is 2.47. The zero-order valence-electron chi connectivity index (χ0n) is 13.3. The molecule has 3 aromatic rings. The molecule has 0 spiro atoms. The Morgan fingerprint density at radius 1 is 1.12 bits per heavy atom. The number of nitrogens with zero attached hydrogens (tertiary/aromatic N) is 2. The van der Waals surface area contributed by atoms with Gasteiger partial charge in [0, 0.05) is 17.8 Å². The van der Waals surface area contributed by atoms with Crippen molar-refractivity contribution in [1.29, 1.82) is 0 Å². The van der Waals surface area contributed by atoms with Gasteiger partial charge in [0.25, 0.3) is 11.8 Å². The number of thiophene rings is 1. The van der Waals surface area contributed by atoms with Gasteiger partial charge in [-0.2, -0.15) is 5.10 Å². The maximum Gasteiger partial charge on any atom is 0.279 e. The number of aromatic nitrogens is 2. The van der Waals surface area contributed by atoms with Crippen LogP contribution in [0.15, 0.2) is 66.3 Å². The van der Waals surface area contributed by atoms with Gasteiger partial charge >= 0.3 is 0 Å². The molecule has 0 bridgehead atoms. The smallest absolute Gasteiger partial charge is 0.268 e. The molecule has 0 fully saturated rings. The third-order valence-corrected chi connectivity index (χ3v) is 4.18. The molecule has 126 valence electrons. The standard InChI is InChI=1S/C18H16N4O2S/c23-17(20-21-18(24)16-7-4-10-25-16)9-8-15-11-19-22(13-15)12-14-5-2-1-3-6-14/h1-11,13H,12H2,(H,20,23)(H,21,24)/b9-8+. The highest BCUT2D eigenvalue weighted by atomic mass is 32.1. The van der Waals surface area contributed by atoms with Gasteiger partial charge in [0.1, 0.15) is 0 Å². The molecule has 25 heavy (non-hydrogen) atoms. The van der Waals surface area contributed by atoms with Gasteiger partial charge in [0.05, 0.1) is 17.6 Å². The molecule has 2 heterocycles. The summed E-state index contributed by atoms with van der Waals surface area (Å²) in [4.78, 5) is 24.0. The Labute approximate surface area is 148 Å². The van der Waals surface area contributed by atoms with Crippen molar-refractivity contribution in [3.05, 3.63) is 82.3 Å². The van der Waals surface area contributed by atoms with Gasteiger partial charge in [-0.05, 0) is 23.1 Å². The van der Waals surface area contributed by atoms with Crippen molar-refractivity contribution in [2.24, 2.45) is 0 Å². The van der Waals surface area contributed by atoms with E-state index in [4.69, 9.17) is 0 Å². The van der Waals surface area contributed by atoms with Crippen LogP contribution >= 0.6 is 11.3 Å². The molecule has 0 aliphatic carbocycles. The third-order valence-electron chi connectivity index (χ3n) is 3.31. The summed E-state index contributed by atoms with van der Waals surface area (Å²) in [6.07, 6.45) is 6.51. The topological polar surface area (TPSA) is 76.0 Å². The predicted molar refractivity (Wildman–Crippen MR) is 96.7 cm³/mol. The van der Waals surface area contributed by atoms with Gasteiger partial charge in [-0.1, -0.05) is 36.4 Å². The van der Waals surface area contributed by atoms with Crippen molar-refractivity contribution in [3.8, 4) is 0 Å². The summed E-state index contributed by atoms with van der Waals surface area (Å²) in [7, 11) is 0. The minimum atomic E-state index is -0.416. The maximum absolute atomic E-state index is 11.8. The largest absolute Gasteiger partial charge is 0.279 e. The Hall–Kier alpha value is -3.19. The van der Waals surface area contributed by atoms with E-state index in [2.05, 4.69) is 16.0 Å². The Kier molecular flexibility index (Phi) is 5.38. The maximum atomic E-state index is 11.8. The second kappa shape index (κ2) is 8.07. The summed E-state index contributed by atoms with van der Waals surface area (Å²) >= 11 is 1.30. The highest BCUT2D eigenvalue weighted by Gasteiger charge is 2.06. The van der Waals surface area contributed by atoms with E-state index >= 15 is 0 Å². The molecular weight excluding hydrogens is 336 g/mol. The van der Waals surface area contributed by atoms with Crippen LogP contribution in [0, 0.1) is 0 Å². The van der Waals surface area contributed by atoms with E-state index in [1.165, 1.54) is 17.4 Å². The van der Waals surface area contributed by atoms with E-state index in [0.717, 1.165) is 11.1 Å². The number of amides is 2. The molecule has 2 amide bonds. The Bertz CT molecular complexity index is 870. The van der Waals surface area contributed by atoms with Crippen molar-refractivity contribution >= 4 is 29.2 Å². The first-order valence-electron chi connectivity index (χ1n) is 7.59. The second-order valence-electron chi connectivity index (χ2n) is 5.21. The fourth-order valence-corrected chi connectivity index (χ4v) is 2.74. The molecule has 2 aromatic heterocycles. The molecule has 1 aromatic carbocycles. The minimum Gasteiger partial charge on any atom is -0.268 e. The first-order chi connectivity index (χ1) is 12.2. The van der Waals surface area contributed by atoms with Crippen LogP contribution in [0.2, 0.25) is 0 Å². The molecule has 0 unspecified atom stereocenters. The number of benzene rings is 1. The van der Waals surface area contributed by atoms with Crippen LogP contribution in [0.1, 0.15) is 20.8 Å². The Morgan fingerprint density at radius 2 is 1.96 bits per heavy atom. The number of hydrazine groups is 1. The van der Waals surface area contributed by atoms with Crippen molar-refractivity contribution in [2.45, 2.75) is 6.54 Å². The summed E-state index contributed by atoms with van der Waals surface area (Å²) in [6.45, 7) is 0.664. The summed E-state index contributed by atoms with van der Waals surface area (Å²) < 4.78 is 1.80. The highest BCUT2D eigenvalue weighted by molar-refractivity contribution is 7.12. The monoisotopic (exact) mass is 352 g/mol. The molecule has 0 saturated heterocycles. The lowest BCUT2D eigenvalue weighted by molar-refractivity contribution is -0.117. The van der Waals surface area contributed by atoms with Gasteiger partial charge in [-0.15, -0.1) is 11.3 Å². The molecule has 6 nitrogen and oxygen atoms in total. The Morgan fingerprint density at radius 3 is 2.72 bits per heavy atom. The molecule has 0 saturated carbocycles. The average molecular weight is 352 g/mol. The number of nitrogens with one attached hydrogen (secondary N) is 2. The van der Waals surface area contributed by atoms with Gasteiger partial charge in [0.2, 0.25) is 0 Å². The number of hydrogen-bond donors (Lipinski definition) is 2. The summed E-state index contributed by atoms with van der Waals surface area (Å²) in [6, 6.07) is 13.4. The van der Waals surface area contributed by atoms with Crippen molar-refractivity contribution in [1.82, 2.24) is 20.6 Å². The van der Waals surface area contributed by atoms with E-state index < -0.39 is 5.91 Å². The summed E-state index contributed by atoms with van der Waals surface area (Å²) in [5.41, 5.74) is 6.65. The SMILES string of the molecule is O=C(/C=C/c1cnn(Cc2ccccc2)c1)NNC(=O)c1cccs1. The van der Waals surface area contributed by atoms with E-state index in [0.29, 0.717) is 11.4 Å². The van der Waals surface area contributed by atoms with Gasteiger partial charge < -0.3 is 0 Å². The number of carbonyl (C=O) groups excluding carboxylic acids is 2. The molecule has 0 radical (unpaired) electrons. The minimum absolute atomic E-state index is 0.340. The lowest BCUT2D eigenvalue weighted by atomic mass is 10.2. The average Bonchev–Trinajstić information content (AvgIpc) is 3.31. The first-order valence-corrected chi connectivity index (χ1v) is 8.47. The molecular formula is C18H16N4O2S. The molecule has 7 heteroatoms. The van der Waals surface area contributed by atoms with Crippen LogP contribution in [0.3, 0.4) is 0 Å². The number of rotatable bonds is 5. The number of hydrogen-bond acceptors (Lipinski definition) is 4. The van der Waals surface area contributed by atoms with Crippen LogP contribution in [0.25, 0.3) is 6.08 Å². The fourth-order valence-electron chi connectivity index (χ4n) is 2.12. The van der Waals surface area contributed by atoms with Crippen molar-refractivity contribution in [2.75, 3.05) is 0 Å². The van der Waals surface area contributed by atoms with E-state index in [-0.39, 0.29) is 5.91 Å². The van der Waals surface area contributed by atoms with Crippen LogP contribution in [0.4, 0.5) is 0 Å². The zero-order valence-corrected chi connectivity index (χ0v) is 14.1. The van der Waals surface area contributed by atoms with Crippen molar-refractivity contribution < 1.29 is 9.59 Å². The highest BCUT2D eigenvalue weighted by Crippen LogP contribution is 2.07. The zero-order chi connectivity index (χ0) is 17.5. The van der Waals surface area contributed by atoms with Crippen LogP contribution in [0.5, 0.6) is 0 Å².